The molecular formula is C14H16FN3O. The van der Waals surface area contributed by atoms with E-state index >= 15 is 0 Å². The summed E-state index contributed by atoms with van der Waals surface area (Å²) in [5.74, 6) is 5.44. The molecule has 0 spiro atoms. The lowest BCUT2D eigenvalue weighted by Crippen LogP contribution is -2.29. The summed E-state index contributed by atoms with van der Waals surface area (Å²) >= 11 is 0. The van der Waals surface area contributed by atoms with Crippen molar-refractivity contribution in [3.8, 4) is 5.75 Å². The number of methoxy groups -OCH3 is 1. The van der Waals surface area contributed by atoms with Gasteiger partial charge in [-0.25, -0.2) is 4.39 Å². The monoisotopic (exact) mass is 261 g/mol. The summed E-state index contributed by atoms with van der Waals surface area (Å²) in [4.78, 5) is 3.95. The molecular weight excluding hydrogens is 245 g/mol. The fourth-order valence-corrected chi connectivity index (χ4v) is 1.96. The predicted molar refractivity (Wildman–Crippen MR) is 71.0 cm³/mol. The van der Waals surface area contributed by atoms with Crippen LogP contribution in [0.15, 0.2) is 42.7 Å². The topological polar surface area (TPSA) is 60.2 Å². The molecule has 0 aliphatic rings. The first-order valence-electron chi connectivity index (χ1n) is 5.93. The summed E-state index contributed by atoms with van der Waals surface area (Å²) in [6, 6.07) is 8.60. The van der Waals surface area contributed by atoms with E-state index in [0.29, 0.717) is 12.0 Å². The molecule has 4 nitrogen and oxygen atoms in total. The second-order valence-electron chi connectivity index (χ2n) is 4.14. The van der Waals surface area contributed by atoms with Crippen molar-refractivity contribution >= 4 is 0 Å². The zero-order valence-corrected chi connectivity index (χ0v) is 10.6. The number of nitrogens with zero attached hydrogens (tertiary/aromatic N) is 1. The van der Waals surface area contributed by atoms with Gasteiger partial charge < -0.3 is 4.74 Å². The maximum Gasteiger partial charge on any atom is 0.168 e. The first-order chi connectivity index (χ1) is 9.26. The van der Waals surface area contributed by atoms with Gasteiger partial charge in [0.1, 0.15) is 0 Å². The van der Waals surface area contributed by atoms with E-state index in [9.17, 15) is 4.39 Å². The number of ether oxygens (including phenoxy) is 1. The number of hydrogen-bond acceptors (Lipinski definition) is 4. The summed E-state index contributed by atoms with van der Waals surface area (Å²) in [7, 11) is 1.45. The summed E-state index contributed by atoms with van der Waals surface area (Å²) in [5.41, 5.74) is 4.21. The molecule has 3 N–H and O–H groups in total. The molecule has 2 rings (SSSR count). The van der Waals surface area contributed by atoms with Gasteiger partial charge in [-0.05, 0) is 35.7 Å². The van der Waals surface area contributed by atoms with Crippen LogP contribution in [0.1, 0.15) is 17.2 Å². The highest BCUT2D eigenvalue weighted by Gasteiger charge is 2.15. The predicted octanol–water partition coefficient (Wildman–Crippen LogP) is 1.98. The van der Waals surface area contributed by atoms with Crippen molar-refractivity contribution < 1.29 is 9.13 Å². The zero-order valence-electron chi connectivity index (χ0n) is 10.6. The Morgan fingerprint density at radius 3 is 2.68 bits per heavy atom. The quantitative estimate of drug-likeness (QED) is 0.638. The van der Waals surface area contributed by atoms with E-state index in [-0.39, 0.29) is 17.6 Å². The Morgan fingerprint density at radius 1 is 1.32 bits per heavy atom. The molecule has 1 unspecified atom stereocenters. The zero-order chi connectivity index (χ0) is 13.7. The molecule has 5 heteroatoms. The van der Waals surface area contributed by atoms with Crippen LogP contribution in [0, 0.1) is 5.82 Å². The van der Waals surface area contributed by atoms with Crippen molar-refractivity contribution in [3.05, 3.63) is 59.7 Å². The van der Waals surface area contributed by atoms with Gasteiger partial charge in [-0.3, -0.25) is 16.3 Å². The Hall–Kier alpha value is -1.98. The highest BCUT2D eigenvalue weighted by atomic mass is 19.1. The van der Waals surface area contributed by atoms with Crippen LogP contribution in [-0.2, 0) is 6.42 Å². The van der Waals surface area contributed by atoms with Crippen LogP contribution in [0.3, 0.4) is 0 Å². The van der Waals surface area contributed by atoms with Gasteiger partial charge in [-0.15, -0.1) is 0 Å². The van der Waals surface area contributed by atoms with E-state index < -0.39 is 0 Å². The van der Waals surface area contributed by atoms with Gasteiger partial charge in [0.25, 0.3) is 0 Å². The number of rotatable bonds is 5. The number of pyridine rings is 1. The SMILES string of the molecule is COc1cccc(CC(NN)c2ccncc2)c1F. The number of hydrazine groups is 1. The molecule has 2 aromatic rings. The van der Waals surface area contributed by atoms with Crippen molar-refractivity contribution in [1.29, 1.82) is 0 Å². The Morgan fingerprint density at radius 2 is 2.05 bits per heavy atom. The van der Waals surface area contributed by atoms with Crippen molar-refractivity contribution in [2.24, 2.45) is 5.84 Å². The molecule has 1 heterocycles. The van der Waals surface area contributed by atoms with E-state index in [1.165, 1.54) is 7.11 Å². The van der Waals surface area contributed by atoms with Gasteiger partial charge in [0.2, 0.25) is 0 Å². The third-order valence-corrected chi connectivity index (χ3v) is 3.00. The molecule has 19 heavy (non-hydrogen) atoms. The molecule has 100 valence electrons. The fraction of sp³-hybridized carbons (Fsp3) is 0.214. The number of nitrogens with two attached hydrogens (primary N) is 1. The lowest BCUT2D eigenvalue weighted by atomic mass is 10.00. The van der Waals surface area contributed by atoms with E-state index in [1.54, 1.807) is 30.6 Å². The van der Waals surface area contributed by atoms with Crippen LogP contribution < -0.4 is 16.0 Å². The number of nitrogens with one attached hydrogen (secondary N) is 1. The maximum atomic E-state index is 14.1. The molecule has 0 bridgehead atoms. The minimum Gasteiger partial charge on any atom is -0.494 e. The maximum absolute atomic E-state index is 14.1. The van der Waals surface area contributed by atoms with Gasteiger partial charge in [-0.1, -0.05) is 12.1 Å². The first-order valence-corrected chi connectivity index (χ1v) is 5.93. The molecule has 0 aliphatic carbocycles. The third-order valence-electron chi connectivity index (χ3n) is 3.00. The normalized spacial score (nSPS) is 12.2. The molecule has 0 amide bonds. The average molecular weight is 261 g/mol. The van der Waals surface area contributed by atoms with Crippen molar-refractivity contribution in [2.75, 3.05) is 7.11 Å². The van der Waals surface area contributed by atoms with Gasteiger partial charge in [0, 0.05) is 12.4 Å². The van der Waals surface area contributed by atoms with Crippen molar-refractivity contribution in [2.45, 2.75) is 12.5 Å². The molecule has 0 saturated heterocycles. The highest BCUT2D eigenvalue weighted by molar-refractivity contribution is 5.32. The minimum absolute atomic E-state index is 0.176. The molecule has 1 atom stereocenters. The van der Waals surface area contributed by atoms with Gasteiger partial charge >= 0.3 is 0 Å². The van der Waals surface area contributed by atoms with Crippen molar-refractivity contribution in [3.63, 3.8) is 0 Å². The number of benzene rings is 1. The molecule has 0 saturated carbocycles. The summed E-state index contributed by atoms with van der Waals surface area (Å²) in [6.07, 6.45) is 3.80. The van der Waals surface area contributed by atoms with Gasteiger partial charge in [-0.2, -0.15) is 0 Å². The number of aromatic nitrogens is 1. The van der Waals surface area contributed by atoms with Crippen LogP contribution in [-0.4, -0.2) is 12.1 Å². The standard InChI is InChI=1S/C14H16FN3O/c1-19-13-4-2-3-11(14(13)15)9-12(18-16)10-5-7-17-8-6-10/h2-8,12,18H,9,16H2,1H3. The highest BCUT2D eigenvalue weighted by Crippen LogP contribution is 2.24. The largest absolute Gasteiger partial charge is 0.494 e. The third kappa shape index (κ3) is 3.07. The molecule has 0 radical (unpaired) electrons. The van der Waals surface area contributed by atoms with E-state index in [2.05, 4.69) is 10.4 Å². The summed E-state index contributed by atoms with van der Waals surface area (Å²) < 4.78 is 19.0. The first kappa shape index (κ1) is 13.5. The second-order valence-corrected chi connectivity index (χ2v) is 4.14. The van der Waals surface area contributed by atoms with E-state index in [4.69, 9.17) is 10.6 Å². The second kappa shape index (κ2) is 6.26. The van der Waals surface area contributed by atoms with Crippen LogP contribution in [0.25, 0.3) is 0 Å². The molecule has 0 fully saturated rings. The lowest BCUT2D eigenvalue weighted by molar-refractivity contribution is 0.382. The van der Waals surface area contributed by atoms with Crippen LogP contribution >= 0.6 is 0 Å². The minimum atomic E-state index is -0.348. The average Bonchev–Trinajstić information content (AvgIpc) is 2.47. The van der Waals surface area contributed by atoms with Crippen LogP contribution in [0.4, 0.5) is 4.39 Å². The Balaban J connectivity index is 2.24. The number of hydrogen-bond donors (Lipinski definition) is 2. The van der Waals surface area contributed by atoms with Gasteiger partial charge in [0.05, 0.1) is 13.2 Å². The van der Waals surface area contributed by atoms with Crippen LogP contribution in [0.5, 0.6) is 5.75 Å². The van der Waals surface area contributed by atoms with E-state index in [1.807, 2.05) is 12.1 Å². The fourth-order valence-electron chi connectivity index (χ4n) is 1.96. The Labute approximate surface area is 111 Å². The Bertz CT molecular complexity index is 533. The molecule has 1 aromatic carbocycles. The van der Waals surface area contributed by atoms with Crippen molar-refractivity contribution in [1.82, 2.24) is 10.4 Å². The van der Waals surface area contributed by atoms with Gasteiger partial charge in [0.15, 0.2) is 11.6 Å². The van der Waals surface area contributed by atoms with Crippen LogP contribution in [0.2, 0.25) is 0 Å². The summed E-state index contributed by atoms with van der Waals surface area (Å²) in [6.45, 7) is 0. The lowest BCUT2D eigenvalue weighted by Gasteiger charge is -2.17. The molecule has 0 aliphatic heterocycles. The Kier molecular flexibility index (Phi) is 4.43. The number of halogens is 1. The van der Waals surface area contributed by atoms with E-state index in [0.717, 1.165) is 5.56 Å². The summed E-state index contributed by atoms with van der Waals surface area (Å²) in [5, 5.41) is 0. The molecule has 1 aromatic heterocycles. The smallest absolute Gasteiger partial charge is 0.168 e.